The number of hydrogen-bond acceptors (Lipinski definition) is 5. The zero-order chi connectivity index (χ0) is 17.0. The summed E-state index contributed by atoms with van der Waals surface area (Å²) >= 11 is 0. The maximum atomic E-state index is 12.9. The molecule has 0 amide bonds. The van der Waals surface area contributed by atoms with Crippen LogP contribution in [0, 0.1) is 11.3 Å². The van der Waals surface area contributed by atoms with Crippen LogP contribution in [0.2, 0.25) is 0 Å². The highest BCUT2D eigenvalue weighted by molar-refractivity contribution is 7.89. The average molecular weight is 337 g/mol. The summed E-state index contributed by atoms with van der Waals surface area (Å²) in [6.45, 7) is 6.26. The molecule has 1 aliphatic rings. The van der Waals surface area contributed by atoms with Gasteiger partial charge in [0.15, 0.2) is 0 Å². The van der Waals surface area contributed by atoms with Crippen molar-refractivity contribution >= 4 is 10.0 Å². The van der Waals surface area contributed by atoms with Crippen LogP contribution in [0.15, 0.2) is 29.2 Å². The summed E-state index contributed by atoms with van der Waals surface area (Å²) in [6, 6.07) is 8.51. The van der Waals surface area contributed by atoms with Gasteiger partial charge in [0.05, 0.1) is 17.1 Å². The fourth-order valence-electron chi connectivity index (χ4n) is 3.06. The summed E-state index contributed by atoms with van der Waals surface area (Å²) < 4.78 is 32.4. The molecule has 1 aromatic rings. The fraction of sp³-hybridized carbons (Fsp3) is 0.562. The maximum Gasteiger partial charge on any atom is 0.244 e. The predicted molar refractivity (Wildman–Crippen MR) is 87.4 cm³/mol. The first-order chi connectivity index (χ1) is 10.9. The normalized spacial score (nSPS) is 23.6. The molecule has 1 aliphatic heterocycles. The lowest BCUT2D eigenvalue weighted by atomic mass is 10.1. The van der Waals surface area contributed by atoms with E-state index in [1.807, 2.05) is 19.9 Å². The minimum Gasteiger partial charge on any atom is -0.383 e. The molecule has 126 valence electrons. The first-order valence-corrected chi connectivity index (χ1v) is 9.09. The average Bonchev–Trinajstić information content (AvgIpc) is 2.54. The Labute approximate surface area is 138 Å². The molecule has 0 radical (unpaired) electrons. The van der Waals surface area contributed by atoms with Crippen LogP contribution in [0.4, 0.5) is 0 Å². The number of sulfonamides is 1. The van der Waals surface area contributed by atoms with Crippen LogP contribution in [0.3, 0.4) is 0 Å². The molecule has 0 saturated carbocycles. The summed E-state index contributed by atoms with van der Waals surface area (Å²) in [4.78, 5) is 2.35. The van der Waals surface area contributed by atoms with Crippen molar-refractivity contribution in [3.63, 3.8) is 0 Å². The molecular weight excluding hydrogens is 314 g/mol. The van der Waals surface area contributed by atoms with Crippen molar-refractivity contribution in [2.45, 2.75) is 30.8 Å². The molecule has 2 rings (SSSR count). The van der Waals surface area contributed by atoms with Crippen molar-refractivity contribution in [2.24, 2.45) is 0 Å². The van der Waals surface area contributed by atoms with Gasteiger partial charge in [0.2, 0.25) is 10.0 Å². The second-order valence-electron chi connectivity index (χ2n) is 5.86. The number of nitrogens with zero attached hydrogens (tertiary/aromatic N) is 3. The summed E-state index contributed by atoms with van der Waals surface area (Å²) in [7, 11) is -2.00. The van der Waals surface area contributed by atoms with Crippen molar-refractivity contribution in [3.05, 3.63) is 29.8 Å². The van der Waals surface area contributed by atoms with Crippen LogP contribution in [0.5, 0.6) is 0 Å². The minimum atomic E-state index is -3.66. The molecule has 2 unspecified atom stereocenters. The number of hydrogen-bond donors (Lipinski definition) is 0. The van der Waals surface area contributed by atoms with Crippen molar-refractivity contribution in [1.82, 2.24) is 9.21 Å². The molecule has 0 bridgehead atoms. The highest BCUT2D eigenvalue weighted by Gasteiger charge is 2.36. The Balaban J connectivity index is 2.24. The van der Waals surface area contributed by atoms with Gasteiger partial charge >= 0.3 is 0 Å². The fourth-order valence-corrected chi connectivity index (χ4v) is 4.81. The van der Waals surface area contributed by atoms with Gasteiger partial charge in [-0.25, -0.2) is 8.42 Å². The Morgan fingerprint density at radius 3 is 2.43 bits per heavy atom. The molecule has 7 heteroatoms. The van der Waals surface area contributed by atoms with Crippen LogP contribution in [0.25, 0.3) is 0 Å². The van der Waals surface area contributed by atoms with Crippen LogP contribution in [0.1, 0.15) is 19.4 Å². The van der Waals surface area contributed by atoms with Crippen LogP contribution in [-0.2, 0) is 14.8 Å². The summed E-state index contributed by atoms with van der Waals surface area (Å²) in [5, 5.41) is 9.17. The van der Waals surface area contributed by atoms with Gasteiger partial charge in [0.1, 0.15) is 6.07 Å². The molecular formula is C16H23N3O3S. The molecule has 6 nitrogen and oxygen atoms in total. The zero-order valence-corrected chi connectivity index (χ0v) is 14.6. The Morgan fingerprint density at radius 2 is 1.87 bits per heavy atom. The molecule has 1 heterocycles. The maximum absolute atomic E-state index is 12.9. The SMILES string of the molecule is COCCN1C(C)CN(S(=O)(=O)c2ccccc2C#N)CC1C. The van der Waals surface area contributed by atoms with Gasteiger partial charge in [-0.15, -0.1) is 0 Å². The second-order valence-corrected chi connectivity index (χ2v) is 7.77. The molecule has 1 fully saturated rings. The number of piperazine rings is 1. The van der Waals surface area contributed by atoms with Crippen LogP contribution >= 0.6 is 0 Å². The van der Waals surface area contributed by atoms with Gasteiger partial charge in [-0.05, 0) is 26.0 Å². The molecule has 1 saturated heterocycles. The lowest BCUT2D eigenvalue weighted by molar-refractivity contribution is 0.0495. The highest BCUT2D eigenvalue weighted by atomic mass is 32.2. The lowest BCUT2D eigenvalue weighted by Gasteiger charge is -2.43. The van der Waals surface area contributed by atoms with Gasteiger partial charge in [0, 0.05) is 38.8 Å². The summed E-state index contributed by atoms with van der Waals surface area (Å²) in [6.07, 6.45) is 0. The van der Waals surface area contributed by atoms with E-state index in [2.05, 4.69) is 4.90 Å². The van der Waals surface area contributed by atoms with Gasteiger partial charge in [-0.2, -0.15) is 9.57 Å². The quantitative estimate of drug-likeness (QED) is 0.809. The summed E-state index contributed by atoms with van der Waals surface area (Å²) in [5.41, 5.74) is 0.189. The van der Waals surface area contributed by atoms with E-state index in [1.165, 1.54) is 16.4 Å². The van der Waals surface area contributed by atoms with E-state index in [9.17, 15) is 8.42 Å². The van der Waals surface area contributed by atoms with Crippen LogP contribution < -0.4 is 0 Å². The molecule has 0 N–H and O–H groups in total. The van der Waals surface area contributed by atoms with Crippen LogP contribution in [-0.4, -0.2) is 63.1 Å². The third-order valence-electron chi connectivity index (χ3n) is 4.25. The van der Waals surface area contributed by atoms with Gasteiger partial charge in [0.25, 0.3) is 0 Å². The van der Waals surface area contributed by atoms with E-state index < -0.39 is 10.0 Å². The monoisotopic (exact) mass is 337 g/mol. The molecule has 0 spiro atoms. The first kappa shape index (κ1) is 17.9. The number of benzene rings is 1. The third kappa shape index (κ3) is 3.72. The molecule has 0 aromatic heterocycles. The molecule has 0 aliphatic carbocycles. The van der Waals surface area contributed by atoms with E-state index in [4.69, 9.17) is 10.00 Å². The van der Waals surface area contributed by atoms with Crippen molar-refractivity contribution < 1.29 is 13.2 Å². The number of ether oxygens (including phenoxy) is 1. The third-order valence-corrected chi connectivity index (χ3v) is 6.14. The number of nitriles is 1. The van der Waals surface area contributed by atoms with Crippen molar-refractivity contribution in [1.29, 1.82) is 5.26 Å². The topological polar surface area (TPSA) is 73.6 Å². The summed E-state index contributed by atoms with van der Waals surface area (Å²) in [5.74, 6) is 0. The van der Waals surface area contributed by atoms with Gasteiger partial charge in [-0.3, -0.25) is 4.90 Å². The second kappa shape index (κ2) is 7.41. The van der Waals surface area contributed by atoms with Crippen molar-refractivity contribution in [3.8, 4) is 6.07 Å². The van der Waals surface area contributed by atoms with Crippen molar-refractivity contribution in [2.75, 3.05) is 33.4 Å². The van der Waals surface area contributed by atoms with E-state index in [-0.39, 0.29) is 22.5 Å². The molecule has 1 aromatic carbocycles. The van der Waals surface area contributed by atoms with E-state index >= 15 is 0 Å². The Hall–Kier alpha value is -1.46. The number of methoxy groups -OCH3 is 1. The van der Waals surface area contributed by atoms with E-state index in [1.54, 1.807) is 19.2 Å². The van der Waals surface area contributed by atoms with Gasteiger partial charge in [-0.1, -0.05) is 12.1 Å². The Bertz CT molecular complexity index is 672. The number of rotatable bonds is 5. The predicted octanol–water partition coefficient (Wildman–Crippen LogP) is 1.29. The largest absolute Gasteiger partial charge is 0.383 e. The van der Waals surface area contributed by atoms with E-state index in [0.29, 0.717) is 19.7 Å². The van der Waals surface area contributed by atoms with E-state index in [0.717, 1.165) is 6.54 Å². The Morgan fingerprint density at radius 1 is 1.26 bits per heavy atom. The molecule has 23 heavy (non-hydrogen) atoms. The standard InChI is InChI=1S/C16H23N3O3S/c1-13-11-18(12-14(2)19(13)8-9-22-3)23(20,21)16-7-5-4-6-15(16)10-17/h4-7,13-14H,8-9,11-12H2,1-3H3. The van der Waals surface area contributed by atoms with Gasteiger partial charge < -0.3 is 4.74 Å². The molecule has 2 atom stereocenters. The first-order valence-electron chi connectivity index (χ1n) is 7.65. The Kier molecular flexibility index (Phi) is 5.76. The zero-order valence-electron chi connectivity index (χ0n) is 13.8. The smallest absolute Gasteiger partial charge is 0.244 e. The minimum absolute atomic E-state index is 0.0900. The lowest BCUT2D eigenvalue weighted by Crippen LogP contribution is -2.58. The highest BCUT2D eigenvalue weighted by Crippen LogP contribution is 2.24.